The molecule has 1 aromatic heterocycles. The van der Waals surface area contributed by atoms with Crippen LogP contribution in [0.3, 0.4) is 0 Å². The number of benzene rings is 2. The zero-order chi connectivity index (χ0) is 22.6. The Balaban J connectivity index is 1.76. The number of rotatable bonds is 7. The second kappa shape index (κ2) is 9.10. The smallest absolute Gasteiger partial charge is 0.369 e. The van der Waals surface area contributed by atoms with Crippen molar-refractivity contribution in [2.24, 2.45) is 0 Å². The molecule has 0 saturated carbocycles. The molecule has 164 valence electrons. The van der Waals surface area contributed by atoms with Gasteiger partial charge in [0.2, 0.25) is 5.95 Å². The van der Waals surface area contributed by atoms with Gasteiger partial charge in [-0.15, -0.1) is 0 Å². The van der Waals surface area contributed by atoms with Crippen molar-refractivity contribution in [3.05, 3.63) is 71.4 Å². The van der Waals surface area contributed by atoms with Gasteiger partial charge < -0.3 is 15.2 Å². The van der Waals surface area contributed by atoms with E-state index >= 15 is 0 Å². The molecule has 0 unspecified atom stereocenters. The SMILES string of the molecule is Cc1ccc(CCNc2nc(Nc3ccc(P(C)(C)=O)cc3)ncc2C(F)(F)F)cc1. The fraction of sp³-hybridized carbons (Fsp3) is 0.273. The molecule has 0 radical (unpaired) electrons. The largest absolute Gasteiger partial charge is 0.421 e. The van der Waals surface area contributed by atoms with Crippen LogP contribution in [0.2, 0.25) is 0 Å². The number of hydrogen-bond acceptors (Lipinski definition) is 5. The molecule has 0 atom stereocenters. The summed E-state index contributed by atoms with van der Waals surface area (Å²) in [5.41, 5.74) is 1.80. The van der Waals surface area contributed by atoms with Gasteiger partial charge in [0.25, 0.3) is 0 Å². The Bertz CT molecular complexity index is 1080. The number of alkyl halides is 3. The van der Waals surface area contributed by atoms with Crippen LogP contribution in [0.5, 0.6) is 0 Å². The summed E-state index contributed by atoms with van der Waals surface area (Å²) in [7, 11) is -2.39. The fourth-order valence-electron chi connectivity index (χ4n) is 2.90. The molecule has 2 aromatic carbocycles. The van der Waals surface area contributed by atoms with Crippen molar-refractivity contribution in [3.8, 4) is 0 Å². The topological polar surface area (TPSA) is 66.9 Å². The highest BCUT2D eigenvalue weighted by Crippen LogP contribution is 2.35. The molecular formula is C22H24F3N4OP. The minimum atomic E-state index is -4.57. The van der Waals surface area contributed by atoms with E-state index in [1.54, 1.807) is 37.6 Å². The predicted molar refractivity (Wildman–Crippen MR) is 119 cm³/mol. The Labute approximate surface area is 179 Å². The summed E-state index contributed by atoms with van der Waals surface area (Å²) in [6.45, 7) is 5.61. The third kappa shape index (κ3) is 6.31. The van der Waals surface area contributed by atoms with Gasteiger partial charge >= 0.3 is 6.18 Å². The minimum Gasteiger partial charge on any atom is -0.369 e. The van der Waals surface area contributed by atoms with E-state index in [1.165, 1.54) is 0 Å². The second-order valence-electron chi connectivity index (χ2n) is 7.64. The first kappa shape index (κ1) is 22.8. The van der Waals surface area contributed by atoms with Crippen molar-refractivity contribution in [1.82, 2.24) is 9.97 Å². The molecule has 0 bridgehead atoms. The van der Waals surface area contributed by atoms with E-state index in [4.69, 9.17) is 0 Å². The molecule has 9 heteroatoms. The zero-order valence-electron chi connectivity index (χ0n) is 17.5. The molecule has 3 aromatic rings. The normalized spacial score (nSPS) is 11.9. The number of hydrogen-bond donors (Lipinski definition) is 2. The van der Waals surface area contributed by atoms with Crippen molar-refractivity contribution in [2.45, 2.75) is 19.5 Å². The quantitative estimate of drug-likeness (QED) is 0.471. The standard InChI is InChI=1S/C22H24F3N4OP/c1-15-4-6-16(7-5-15)12-13-26-20-19(22(23,24)25)14-27-21(29-20)28-17-8-10-18(11-9-17)31(2,3)30/h4-11,14H,12-13H2,1-3H3,(H2,26,27,28,29). The Morgan fingerprint density at radius 1 is 1.00 bits per heavy atom. The van der Waals surface area contributed by atoms with Crippen LogP contribution in [-0.2, 0) is 17.2 Å². The van der Waals surface area contributed by atoms with Crippen LogP contribution in [0.4, 0.5) is 30.6 Å². The van der Waals surface area contributed by atoms with Gasteiger partial charge in [-0.25, -0.2) is 4.98 Å². The molecule has 3 rings (SSSR count). The van der Waals surface area contributed by atoms with E-state index < -0.39 is 18.9 Å². The molecule has 5 nitrogen and oxygen atoms in total. The van der Waals surface area contributed by atoms with E-state index in [1.807, 2.05) is 31.2 Å². The Morgan fingerprint density at radius 2 is 1.65 bits per heavy atom. The lowest BCUT2D eigenvalue weighted by molar-refractivity contribution is -0.137. The van der Waals surface area contributed by atoms with Crippen LogP contribution >= 0.6 is 7.14 Å². The molecule has 31 heavy (non-hydrogen) atoms. The molecule has 0 fully saturated rings. The van der Waals surface area contributed by atoms with Crippen molar-refractivity contribution < 1.29 is 17.7 Å². The van der Waals surface area contributed by atoms with Gasteiger partial charge in [0, 0.05) is 23.7 Å². The number of halogens is 3. The number of nitrogens with zero attached hydrogens (tertiary/aromatic N) is 2. The van der Waals surface area contributed by atoms with Gasteiger partial charge in [0.15, 0.2) is 0 Å². The third-order valence-electron chi connectivity index (χ3n) is 4.67. The van der Waals surface area contributed by atoms with Crippen LogP contribution in [-0.4, -0.2) is 29.8 Å². The van der Waals surface area contributed by atoms with Crippen LogP contribution in [0.15, 0.2) is 54.7 Å². The summed E-state index contributed by atoms with van der Waals surface area (Å²) in [6, 6.07) is 14.6. The summed E-state index contributed by atoms with van der Waals surface area (Å²) in [6.07, 6.45) is -3.25. The number of nitrogens with one attached hydrogen (secondary N) is 2. The van der Waals surface area contributed by atoms with Crippen LogP contribution in [0, 0.1) is 6.92 Å². The summed E-state index contributed by atoms with van der Waals surface area (Å²) >= 11 is 0. The highest BCUT2D eigenvalue weighted by Gasteiger charge is 2.35. The summed E-state index contributed by atoms with van der Waals surface area (Å²) in [5, 5.41) is 6.40. The maximum Gasteiger partial charge on any atom is 0.421 e. The maximum absolute atomic E-state index is 13.4. The Kier molecular flexibility index (Phi) is 6.70. The van der Waals surface area contributed by atoms with Gasteiger partial charge in [-0.3, -0.25) is 0 Å². The average molecular weight is 448 g/mol. The third-order valence-corrected chi connectivity index (χ3v) is 6.21. The monoisotopic (exact) mass is 448 g/mol. The van der Waals surface area contributed by atoms with Crippen LogP contribution in [0.1, 0.15) is 16.7 Å². The molecule has 1 heterocycles. The van der Waals surface area contributed by atoms with E-state index in [0.717, 1.165) is 17.3 Å². The summed E-state index contributed by atoms with van der Waals surface area (Å²) < 4.78 is 52.3. The molecular weight excluding hydrogens is 424 g/mol. The molecule has 0 aliphatic heterocycles. The van der Waals surface area contributed by atoms with Gasteiger partial charge in [0.1, 0.15) is 18.5 Å². The lowest BCUT2D eigenvalue weighted by atomic mass is 10.1. The van der Waals surface area contributed by atoms with Gasteiger partial charge in [-0.05, 0) is 56.5 Å². The van der Waals surface area contributed by atoms with E-state index in [2.05, 4.69) is 20.6 Å². The molecule has 2 N–H and O–H groups in total. The van der Waals surface area contributed by atoms with Crippen molar-refractivity contribution >= 4 is 29.9 Å². The van der Waals surface area contributed by atoms with Crippen LogP contribution < -0.4 is 15.9 Å². The fourth-order valence-corrected chi connectivity index (χ4v) is 3.76. The molecule has 0 aliphatic carbocycles. The van der Waals surface area contributed by atoms with E-state index in [9.17, 15) is 17.7 Å². The van der Waals surface area contributed by atoms with Gasteiger partial charge in [-0.2, -0.15) is 18.2 Å². The first-order chi connectivity index (χ1) is 14.5. The number of anilines is 3. The highest BCUT2D eigenvalue weighted by molar-refractivity contribution is 7.70. The molecule has 0 amide bonds. The first-order valence-corrected chi connectivity index (χ1v) is 12.3. The van der Waals surface area contributed by atoms with Crippen molar-refractivity contribution in [3.63, 3.8) is 0 Å². The number of aryl methyl sites for hydroxylation is 1. The van der Waals surface area contributed by atoms with Crippen molar-refractivity contribution in [2.75, 3.05) is 30.5 Å². The summed E-state index contributed by atoms with van der Waals surface area (Å²) in [4.78, 5) is 7.85. The molecule has 0 saturated heterocycles. The maximum atomic E-state index is 13.4. The van der Waals surface area contributed by atoms with Gasteiger partial charge in [0.05, 0.1) is 0 Å². The number of aromatic nitrogens is 2. The predicted octanol–water partition coefficient (Wildman–Crippen LogP) is 5.45. The van der Waals surface area contributed by atoms with Gasteiger partial charge in [-0.1, -0.05) is 29.8 Å². The first-order valence-electron chi connectivity index (χ1n) is 9.69. The average Bonchev–Trinajstić information content (AvgIpc) is 2.68. The molecule has 0 aliphatic rings. The van der Waals surface area contributed by atoms with Crippen molar-refractivity contribution in [1.29, 1.82) is 0 Å². The Morgan fingerprint density at radius 3 is 2.23 bits per heavy atom. The van der Waals surface area contributed by atoms with E-state index in [0.29, 0.717) is 24.0 Å². The lowest BCUT2D eigenvalue weighted by Crippen LogP contribution is -2.16. The zero-order valence-corrected chi connectivity index (χ0v) is 18.4. The Hall–Kier alpha value is -2.86. The van der Waals surface area contributed by atoms with E-state index in [-0.39, 0.29) is 11.8 Å². The second-order valence-corrected chi connectivity index (χ2v) is 10.9. The minimum absolute atomic E-state index is 0.0368. The highest BCUT2D eigenvalue weighted by atomic mass is 31.2. The summed E-state index contributed by atoms with van der Waals surface area (Å²) in [5.74, 6) is -0.241. The van der Waals surface area contributed by atoms with Crippen LogP contribution in [0.25, 0.3) is 0 Å². The molecule has 0 spiro atoms. The lowest BCUT2D eigenvalue weighted by Gasteiger charge is -2.15.